The van der Waals surface area contributed by atoms with Gasteiger partial charge in [0, 0.05) is 18.5 Å². The Morgan fingerprint density at radius 2 is 1.72 bits per heavy atom. The molecule has 9 nitrogen and oxygen atoms in total. The van der Waals surface area contributed by atoms with E-state index >= 15 is 0 Å². The number of hydrogen-bond acceptors (Lipinski definition) is 5. The monoisotopic (exact) mass is 619 g/mol. The summed E-state index contributed by atoms with van der Waals surface area (Å²) >= 11 is 0. The molecule has 3 N–H and O–H groups in total. The molecule has 0 spiro atoms. The minimum absolute atomic E-state index is 0.0879. The molecule has 3 aromatic rings. The highest BCUT2D eigenvalue weighted by Gasteiger charge is 2.24. The molecule has 0 aliphatic heterocycles. The lowest BCUT2D eigenvalue weighted by atomic mass is 9.85. The molecule has 0 fully saturated rings. The number of amides is 2. The van der Waals surface area contributed by atoms with Crippen LogP contribution in [0.15, 0.2) is 113 Å². The summed E-state index contributed by atoms with van der Waals surface area (Å²) in [6.07, 6.45) is 15.0. The molecule has 46 heavy (non-hydrogen) atoms. The lowest BCUT2D eigenvalue weighted by Crippen LogP contribution is -2.46. The number of aromatic nitrogens is 1. The zero-order valence-electron chi connectivity index (χ0n) is 25.9. The van der Waals surface area contributed by atoms with Crippen LogP contribution < -0.4 is 20.9 Å². The maximum atomic E-state index is 13.8. The van der Waals surface area contributed by atoms with E-state index in [2.05, 4.69) is 22.8 Å². The third kappa shape index (κ3) is 8.18. The number of methoxy groups -OCH3 is 1. The Hall–Kier alpha value is -5.44. The smallest absolute Gasteiger partial charge is 0.307 e. The number of fused-ring (bicyclic) bond motifs is 1. The molecule has 0 bridgehead atoms. The van der Waals surface area contributed by atoms with Gasteiger partial charge in [-0.25, -0.2) is 0 Å². The molecule has 2 amide bonds. The number of ether oxygens (including phenoxy) is 1. The normalized spacial score (nSPS) is 15.7. The van der Waals surface area contributed by atoms with Crippen LogP contribution in [0.3, 0.4) is 0 Å². The Kier molecular flexibility index (Phi) is 10.1. The predicted molar refractivity (Wildman–Crippen MR) is 177 cm³/mol. The molecule has 2 aliphatic carbocycles. The molecule has 0 saturated carbocycles. The van der Waals surface area contributed by atoms with Gasteiger partial charge in [0.2, 0.25) is 11.8 Å². The average molecular weight is 620 g/mol. The third-order valence-corrected chi connectivity index (χ3v) is 8.11. The molecule has 236 valence electrons. The van der Waals surface area contributed by atoms with Crippen molar-refractivity contribution in [2.75, 3.05) is 12.4 Å². The van der Waals surface area contributed by atoms with E-state index in [-0.39, 0.29) is 36.4 Å². The van der Waals surface area contributed by atoms with Crippen LogP contribution in [-0.4, -0.2) is 40.6 Å². The van der Waals surface area contributed by atoms with E-state index in [4.69, 9.17) is 9.84 Å². The van der Waals surface area contributed by atoms with Crippen LogP contribution in [0, 0.1) is 12.8 Å². The summed E-state index contributed by atoms with van der Waals surface area (Å²) in [4.78, 5) is 51.7. The summed E-state index contributed by atoms with van der Waals surface area (Å²) in [5.74, 6) is -0.780. The largest absolute Gasteiger partial charge is 0.497 e. The highest BCUT2D eigenvalue weighted by molar-refractivity contribution is 5.98. The number of pyridine rings is 1. The van der Waals surface area contributed by atoms with Crippen LogP contribution in [0.25, 0.3) is 0 Å². The van der Waals surface area contributed by atoms with Crippen molar-refractivity contribution in [1.82, 2.24) is 9.88 Å². The quantitative estimate of drug-likeness (QED) is 0.265. The number of carbonyl (C=O) groups excluding carboxylic acids is 2. The van der Waals surface area contributed by atoms with Crippen LogP contribution in [0.1, 0.15) is 35.1 Å². The van der Waals surface area contributed by atoms with Gasteiger partial charge in [-0.2, -0.15) is 0 Å². The van der Waals surface area contributed by atoms with Crippen molar-refractivity contribution in [3.63, 3.8) is 0 Å². The number of hydrogen-bond donors (Lipinski definition) is 3. The summed E-state index contributed by atoms with van der Waals surface area (Å²) in [6.45, 7) is 2.04. The minimum atomic E-state index is -0.996. The fraction of sp³-hybridized carbons (Fsp3) is 0.243. The maximum Gasteiger partial charge on any atom is 0.307 e. The van der Waals surface area contributed by atoms with Gasteiger partial charge in [0.1, 0.15) is 17.5 Å². The Morgan fingerprint density at radius 1 is 1.00 bits per heavy atom. The molecule has 2 atom stereocenters. The molecular weight excluding hydrogens is 582 g/mol. The van der Waals surface area contributed by atoms with Crippen molar-refractivity contribution in [3.8, 4) is 5.75 Å². The molecule has 9 heteroatoms. The lowest BCUT2D eigenvalue weighted by molar-refractivity contribution is -0.136. The highest BCUT2D eigenvalue weighted by Crippen LogP contribution is 2.29. The maximum absolute atomic E-state index is 13.8. The van der Waals surface area contributed by atoms with Crippen molar-refractivity contribution in [2.24, 2.45) is 5.92 Å². The number of nitrogens with zero attached hydrogens (tertiary/aromatic N) is 1. The zero-order chi connectivity index (χ0) is 32.6. The average Bonchev–Trinajstić information content (AvgIpc) is 3.05. The van der Waals surface area contributed by atoms with Crippen LogP contribution in [0.4, 0.5) is 5.69 Å². The number of rotatable bonds is 12. The minimum Gasteiger partial charge on any atom is -0.497 e. The van der Waals surface area contributed by atoms with Crippen LogP contribution in [-0.2, 0) is 33.8 Å². The molecule has 0 radical (unpaired) electrons. The van der Waals surface area contributed by atoms with E-state index in [1.54, 1.807) is 50.6 Å². The van der Waals surface area contributed by atoms with E-state index in [1.165, 1.54) is 4.57 Å². The molecular formula is C37H37N3O6. The zero-order valence-corrected chi connectivity index (χ0v) is 25.9. The Balaban J connectivity index is 1.35. The Bertz CT molecular complexity index is 1800. The third-order valence-electron chi connectivity index (χ3n) is 8.11. The molecule has 5 rings (SSSR count). The van der Waals surface area contributed by atoms with Gasteiger partial charge >= 0.3 is 5.97 Å². The second-order valence-electron chi connectivity index (χ2n) is 11.5. The van der Waals surface area contributed by atoms with E-state index in [1.807, 2.05) is 48.6 Å². The first-order valence-electron chi connectivity index (χ1n) is 15.2. The van der Waals surface area contributed by atoms with Crippen molar-refractivity contribution in [2.45, 2.75) is 45.2 Å². The number of allylic oxidation sites excluding steroid dienone is 7. The molecule has 2 aromatic carbocycles. The van der Waals surface area contributed by atoms with Crippen molar-refractivity contribution >= 4 is 23.5 Å². The van der Waals surface area contributed by atoms with Crippen LogP contribution in [0.5, 0.6) is 5.75 Å². The SMILES string of the molecule is COc1ccc(Cn2ccc(C)c(NC(=O)[C@H](Cc3ccc(CC(=O)O)cc3)NC(=O)CC3=CC4=CC=CCC4C=C3)c2=O)cc1. The summed E-state index contributed by atoms with van der Waals surface area (Å²) in [5, 5.41) is 14.8. The first kappa shape index (κ1) is 32.0. The van der Waals surface area contributed by atoms with Gasteiger partial charge in [0.05, 0.1) is 26.5 Å². The number of carboxylic acid groups (broad SMARTS) is 1. The van der Waals surface area contributed by atoms with Crippen LogP contribution in [0.2, 0.25) is 0 Å². The first-order chi connectivity index (χ1) is 22.2. The standard InChI is InChI=1S/C37H37N3O6/c1-24-17-18-40(23-27-12-15-31(46-2)16-13-27)37(45)35(24)39-36(44)32(20-25-7-9-26(10-8-25)22-34(42)43)38-33(41)21-28-11-14-29-5-3-4-6-30(29)19-28/h3-4,6-19,29,32H,5,20-23H2,1-2H3,(H,38,41)(H,39,44)(H,42,43)/t29?,32-/m0/s1. The van der Waals surface area contributed by atoms with Gasteiger partial charge in [-0.05, 0) is 64.9 Å². The van der Waals surface area contributed by atoms with E-state index < -0.39 is 17.9 Å². The first-order valence-corrected chi connectivity index (χ1v) is 15.2. The number of nitrogens with one attached hydrogen (secondary N) is 2. The number of benzene rings is 2. The summed E-state index contributed by atoms with van der Waals surface area (Å²) in [6, 6.07) is 15.0. The summed E-state index contributed by atoms with van der Waals surface area (Å²) in [5.41, 5.74) is 4.59. The summed E-state index contributed by atoms with van der Waals surface area (Å²) in [7, 11) is 1.59. The van der Waals surface area contributed by atoms with E-state index in [9.17, 15) is 19.2 Å². The van der Waals surface area contributed by atoms with Gasteiger partial charge in [-0.15, -0.1) is 0 Å². The van der Waals surface area contributed by atoms with Gasteiger partial charge in [0.25, 0.3) is 5.56 Å². The molecule has 2 aliphatic rings. The number of carboxylic acids is 1. The number of aryl methyl sites for hydroxylation is 1. The number of anilines is 1. The fourth-order valence-electron chi connectivity index (χ4n) is 5.54. The molecule has 1 heterocycles. The Morgan fingerprint density at radius 3 is 2.43 bits per heavy atom. The highest BCUT2D eigenvalue weighted by atomic mass is 16.5. The molecule has 1 aromatic heterocycles. The molecule has 0 saturated heterocycles. The number of carbonyl (C=O) groups is 3. The molecule has 1 unspecified atom stereocenters. The summed E-state index contributed by atoms with van der Waals surface area (Å²) < 4.78 is 6.74. The second kappa shape index (κ2) is 14.6. The van der Waals surface area contributed by atoms with Crippen molar-refractivity contribution < 1.29 is 24.2 Å². The Labute approximate surface area is 267 Å². The van der Waals surface area contributed by atoms with Gasteiger partial charge in [-0.1, -0.05) is 72.9 Å². The van der Waals surface area contributed by atoms with E-state index in [0.717, 1.165) is 28.7 Å². The lowest BCUT2D eigenvalue weighted by Gasteiger charge is -2.22. The second-order valence-corrected chi connectivity index (χ2v) is 11.5. The van der Waals surface area contributed by atoms with E-state index in [0.29, 0.717) is 29.3 Å². The van der Waals surface area contributed by atoms with Crippen LogP contribution >= 0.6 is 0 Å². The number of aliphatic carboxylic acids is 1. The predicted octanol–water partition coefficient (Wildman–Crippen LogP) is 4.90. The van der Waals surface area contributed by atoms with Crippen molar-refractivity contribution in [3.05, 3.63) is 141 Å². The van der Waals surface area contributed by atoms with Gasteiger partial charge in [0.15, 0.2) is 0 Å². The van der Waals surface area contributed by atoms with Gasteiger partial charge in [-0.3, -0.25) is 19.2 Å². The fourth-order valence-corrected chi connectivity index (χ4v) is 5.54. The van der Waals surface area contributed by atoms with Crippen molar-refractivity contribution in [1.29, 1.82) is 0 Å². The van der Waals surface area contributed by atoms with Gasteiger partial charge < -0.3 is 25.0 Å². The topological polar surface area (TPSA) is 127 Å².